The summed E-state index contributed by atoms with van der Waals surface area (Å²) in [6.45, 7) is -0.418. The van der Waals surface area contributed by atoms with E-state index in [-0.39, 0.29) is 11.3 Å². The Morgan fingerprint density at radius 1 is 1.14 bits per heavy atom. The Bertz CT molecular complexity index is 896. The quantitative estimate of drug-likeness (QED) is 0.783. The highest BCUT2D eigenvalue weighted by atomic mass is 19.4. The fraction of sp³-hybridized carbons (Fsp3) is 0.353. The van der Waals surface area contributed by atoms with Crippen molar-refractivity contribution in [2.24, 2.45) is 0 Å². The molecule has 1 aliphatic carbocycles. The van der Waals surface area contributed by atoms with E-state index >= 15 is 0 Å². The van der Waals surface area contributed by atoms with Crippen molar-refractivity contribution in [1.29, 1.82) is 0 Å². The maximum absolute atomic E-state index is 13.3. The van der Waals surface area contributed by atoms with E-state index in [0.717, 1.165) is 36.0 Å². The number of amides is 1. The van der Waals surface area contributed by atoms with Gasteiger partial charge in [-0.15, -0.1) is 0 Å². The first kappa shape index (κ1) is 19.9. The lowest BCUT2D eigenvalue weighted by Crippen LogP contribution is -2.25. The van der Waals surface area contributed by atoms with Crippen molar-refractivity contribution in [3.05, 3.63) is 53.1 Å². The van der Waals surface area contributed by atoms with Crippen LogP contribution in [0.3, 0.4) is 0 Å². The van der Waals surface area contributed by atoms with Gasteiger partial charge in [0.15, 0.2) is 5.69 Å². The van der Waals surface area contributed by atoms with Crippen molar-refractivity contribution in [2.45, 2.75) is 38.2 Å². The van der Waals surface area contributed by atoms with Crippen LogP contribution < -0.4 is 5.32 Å². The van der Waals surface area contributed by atoms with Crippen molar-refractivity contribution in [3.8, 4) is 5.69 Å². The van der Waals surface area contributed by atoms with E-state index in [0.29, 0.717) is 18.1 Å². The van der Waals surface area contributed by atoms with Crippen LogP contribution in [0, 0.1) is 0 Å². The van der Waals surface area contributed by atoms with Crippen molar-refractivity contribution in [3.63, 3.8) is 0 Å². The molecule has 3 rings (SSSR count). The molecule has 1 N–H and O–H groups in total. The van der Waals surface area contributed by atoms with Gasteiger partial charge in [0.1, 0.15) is 5.69 Å². The average molecular weight is 404 g/mol. The van der Waals surface area contributed by atoms with Gasteiger partial charge in [0.25, 0.3) is 0 Å². The highest BCUT2D eigenvalue weighted by Gasteiger charge is 2.37. The topological polar surface area (TPSA) is 59.8 Å². The highest BCUT2D eigenvalue weighted by Crippen LogP contribution is 2.32. The number of hydrogen-bond acceptors (Lipinski definition) is 3. The summed E-state index contributed by atoms with van der Waals surface area (Å²) in [4.78, 5) is 15.2. The number of allylic oxidation sites excluding steroid dienone is 1. The summed E-state index contributed by atoms with van der Waals surface area (Å²) in [6, 6.07) is 1.62. The number of nitrogens with one attached hydrogen (secondary N) is 1. The van der Waals surface area contributed by atoms with Crippen LogP contribution in [0.2, 0.25) is 0 Å². The number of carbonyl (C=O) groups is 1. The number of hydrogen-bond donors (Lipinski definition) is 1. The molecule has 11 heteroatoms. The van der Waals surface area contributed by atoms with Crippen molar-refractivity contribution >= 4 is 5.91 Å². The SMILES string of the molecule is O=C(NCc1cn(-c2ccc(C(F)(F)F)nc2)nc1C(F)(F)F)C1=CCCC1. The van der Waals surface area contributed by atoms with Gasteiger partial charge in [-0.05, 0) is 31.4 Å². The first-order valence-electron chi connectivity index (χ1n) is 8.22. The molecule has 2 heterocycles. The minimum atomic E-state index is -4.79. The second-order valence-electron chi connectivity index (χ2n) is 6.15. The first-order chi connectivity index (χ1) is 13.1. The standard InChI is InChI=1S/C17H14F6N4O/c18-16(19,20)13-6-5-12(8-24-13)27-9-11(14(26-27)17(21,22)23)7-25-15(28)10-3-1-2-4-10/h3,5-6,8-9H,1-2,4,7H2,(H,25,28). The Labute approximate surface area is 155 Å². The lowest BCUT2D eigenvalue weighted by atomic mass is 10.2. The van der Waals surface area contributed by atoms with Crippen molar-refractivity contribution < 1.29 is 31.1 Å². The molecule has 0 spiro atoms. The van der Waals surface area contributed by atoms with E-state index in [1.165, 1.54) is 0 Å². The van der Waals surface area contributed by atoms with E-state index in [4.69, 9.17) is 0 Å². The zero-order chi connectivity index (χ0) is 20.5. The largest absolute Gasteiger partial charge is 0.435 e. The molecule has 2 aromatic rings. The Hall–Kier alpha value is -2.85. The Morgan fingerprint density at radius 3 is 2.43 bits per heavy atom. The monoisotopic (exact) mass is 404 g/mol. The summed E-state index contributed by atoms with van der Waals surface area (Å²) in [5.74, 6) is -0.449. The number of carbonyl (C=O) groups excluding carboxylic acids is 1. The molecule has 28 heavy (non-hydrogen) atoms. The number of pyridine rings is 1. The maximum Gasteiger partial charge on any atom is 0.435 e. The van der Waals surface area contributed by atoms with Crippen LogP contribution in [0.15, 0.2) is 36.2 Å². The van der Waals surface area contributed by atoms with Gasteiger partial charge >= 0.3 is 12.4 Å². The van der Waals surface area contributed by atoms with Crippen LogP contribution >= 0.6 is 0 Å². The zero-order valence-electron chi connectivity index (χ0n) is 14.2. The fourth-order valence-corrected chi connectivity index (χ4v) is 2.77. The van der Waals surface area contributed by atoms with Crippen LogP contribution in [0.1, 0.15) is 36.2 Å². The molecule has 5 nitrogen and oxygen atoms in total. The summed E-state index contributed by atoms with van der Waals surface area (Å²) < 4.78 is 78.3. The predicted molar refractivity (Wildman–Crippen MR) is 85.1 cm³/mol. The summed E-state index contributed by atoms with van der Waals surface area (Å²) in [5, 5.41) is 5.85. The van der Waals surface area contributed by atoms with Crippen LogP contribution in [0.4, 0.5) is 26.3 Å². The molecule has 0 radical (unpaired) electrons. The van der Waals surface area contributed by atoms with Gasteiger partial charge in [-0.3, -0.25) is 4.79 Å². The zero-order valence-corrected chi connectivity index (χ0v) is 14.2. The number of nitrogens with zero attached hydrogens (tertiary/aromatic N) is 3. The first-order valence-corrected chi connectivity index (χ1v) is 8.22. The lowest BCUT2D eigenvalue weighted by Gasteiger charge is -2.08. The number of rotatable bonds is 4. The molecule has 0 unspecified atom stereocenters. The second kappa shape index (κ2) is 7.28. The molecule has 0 saturated heterocycles. The maximum atomic E-state index is 13.3. The molecule has 1 amide bonds. The van der Waals surface area contributed by atoms with Crippen LogP contribution in [-0.4, -0.2) is 20.7 Å². The molecule has 0 aromatic carbocycles. The Kier molecular flexibility index (Phi) is 5.18. The van der Waals surface area contributed by atoms with Gasteiger partial charge in [-0.2, -0.15) is 31.4 Å². The van der Waals surface area contributed by atoms with Crippen LogP contribution in [-0.2, 0) is 23.7 Å². The number of alkyl halides is 6. The normalized spacial score (nSPS) is 14.9. The summed E-state index contributed by atoms with van der Waals surface area (Å²) in [7, 11) is 0. The third-order valence-corrected chi connectivity index (χ3v) is 4.13. The molecule has 0 aliphatic heterocycles. The van der Waals surface area contributed by atoms with Gasteiger partial charge in [0.05, 0.1) is 11.9 Å². The van der Waals surface area contributed by atoms with Crippen molar-refractivity contribution in [1.82, 2.24) is 20.1 Å². The van der Waals surface area contributed by atoms with E-state index in [2.05, 4.69) is 15.4 Å². The summed E-state index contributed by atoms with van der Waals surface area (Å²) >= 11 is 0. The summed E-state index contributed by atoms with van der Waals surface area (Å²) in [5.41, 5.74) is -2.26. The molecule has 2 aromatic heterocycles. The molecule has 0 fully saturated rings. The predicted octanol–water partition coefficient (Wildman–Crippen LogP) is 4.03. The third-order valence-electron chi connectivity index (χ3n) is 4.13. The van der Waals surface area contributed by atoms with E-state index < -0.39 is 36.2 Å². The van der Waals surface area contributed by atoms with Gasteiger partial charge in [0.2, 0.25) is 5.91 Å². The van der Waals surface area contributed by atoms with E-state index in [1.807, 2.05) is 0 Å². The van der Waals surface area contributed by atoms with Crippen LogP contribution in [0.5, 0.6) is 0 Å². The number of halogens is 6. The molecule has 1 aliphatic rings. The van der Waals surface area contributed by atoms with Gasteiger partial charge < -0.3 is 5.32 Å². The van der Waals surface area contributed by atoms with Gasteiger partial charge in [-0.25, -0.2) is 9.67 Å². The Balaban J connectivity index is 1.84. The van der Waals surface area contributed by atoms with Gasteiger partial charge in [-0.1, -0.05) is 6.08 Å². The average Bonchev–Trinajstić information content (AvgIpc) is 3.28. The molecular formula is C17H14F6N4O. The van der Waals surface area contributed by atoms with E-state index in [9.17, 15) is 31.1 Å². The minimum Gasteiger partial charge on any atom is -0.348 e. The smallest absolute Gasteiger partial charge is 0.348 e. The third kappa shape index (κ3) is 4.34. The Morgan fingerprint density at radius 2 is 1.89 bits per heavy atom. The molecule has 0 atom stereocenters. The lowest BCUT2D eigenvalue weighted by molar-refractivity contribution is -0.142. The molecule has 0 saturated carbocycles. The van der Waals surface area contributed by atoms with Crippen molar-refractivity contribution in [2.75, 3.05) is 0 Å². The molecule has 150 valence electrons. The highest BCUT2D eigenvalue weighted by molar-refractivity contribution is 5.93. The van der Waals surface area contributed by atoms with Crippen LogP contribution in [0.25, 0.3) is 5.69 Å². The second-order valence-corrected chi connectivity index (χ2v) is 6.15. The van der Waals surface area contributed by atoms with E-state index in [1.54, 1.807) is 6.08 Å². The fourth-order valence-electron chi connectivity index (χ4n) is 2.77. The molecular weight excluding hydrogens is 390 g/mol. The molecule has 0 bridgehead atoms. The number of aromatic nitrogens is 3. The van der Waals surface area contributed by atoms with Gasteiger partial charge in [0, 0.05) is 23.9 Å². The minimum absolute atomic E-state index is 0.0745. The summed E-state index contributed by atoms with van der Waals surface area (Å²) in [6.07, 6.45) is -3.81.